The van der Waals surface area contributed by atoms with E-state index >= 15 is 0 Å². The van der Waals surface area contributed by atoms with Gasteiger partial charge in [-0.2, -0.15) is 0 Å². The van der Waals surface area contributed by atoms with Gasteiger partial charge in [0.2, 0.25) is 0 Å². The summed E-state index contributed by atoms with van der Waals surface area (Å²) in [4.78, 5) is 44.2. The van der Waals surface area contributed by atoms with Crippen LogP contribution in [0.1, 0.15) is 38.2 Å². The summed E-state index contributed by atoms with van der Waals surface area (Å²) < 4.78 is 20.7. The van der Waals surface area contributed by atoms with Gasteiger partial charge in [0.25, 0.3) is 5.91 Å². The Bertz CT molecular complexity index is 1170. The summed E-state index contributed by atoms with van der Waals surface area (Å²) in [6.07, 6.45) is 0. The van der Waals surface area contributed by atoms with Crippen molar-refractivity contribution in [3.63, 3.8) is 0 Å². The first kappa shape index (κ1) is 25.7. The summed E-state index contributed by atoms with van der Waals surface area (Å²) in [5, 5.41) is 0.304. The van der Waals surface area contributed by atoms with Crippen molar-refractivity contribution < 1.29 is 33.3 Å². The van der Waals surface area contributed by atoms with Crippen LogP contribution in [0.25, 0.3) is 0 Å². The van der Waals surface area contributed by atoms with Crippen LogP contribution in [0.5, 0.6) is 11.5 Å². The maximum atomic E-state index is 13.2. The first-order valence-corrected chi connectivity index (χ1v) is 11.6. The number of carbonyl (C=O) groups excluding carboxylic acids is 3. The van der Waals surface area contributed by atoms with Crippen LogP contribution in [0.2, 0.25) is 0 Å². The Morgan fingerprint density at radius 2 is 1.60 bits per heavy atom. The third-order valence-corrected chi connectivity index (χ3v) is 6.04. The molecule has 3 rings (SSSR count). The second kappa shape index (κ2) is 12.0. The summed E-state index contributed by atoms with van der Waals surface area (Å²) in [7, 11) is 2.94. The van der Waals surface area contributed by atoms with E-state index in [9.17, 15) is 14.4 Å². The summed E-state index contributed by atoms with van der Waals surface area (Å²) >= 11 is 1.05. The van der Waals surface area contributed by atoms with Gasteiger partial charge in [-0.25, -0.2) is 14.6 Å². The number of anilines is 1. The van der Waals surface area contributed by atoms with Gasteiger partial charge in [0, 0.05) is 6.07 Å². The van der Waals surface area contributed by atoms with Crippen LogP contribution in [-0.4, -0.2) is 50.3 Å². The van der Waals surface area contributed by atoms with Crippen LogP contribution >= 0.6 is 11.3 Å². The fraction of sp³-hybridized carbons (Fsp3) is 0.280. The number of rotatable bonds is 10. The number of amides is 1. The predicted octanol–water partition coefficient (Wildman–Crippen LogP) is 4.04. The van der Waals surface area contributed by atoms with Gasteiger partial charge in [-0.1, -0.05) is 41.7 Å². The molecule has 0 spiro atoms. The topological polar surface area (TPSA) is 104 Å². The van der Waals surface area contributed by atoms with E-state index in [2.05, 4.69) is 4.98 Å². The molecule has 0 unspecified atom stereocenters. The highest BCUT2D eigenvalue weighted by Gasteiger charge is 2.25. The average Bonchev–Trinajstić information content (AvgIpc) is 3.27. The standard InChI is InChI=1S/C25H26N2O7S/c1-5-33-24(30)22-16(2)26-25(35-22)27(14-17-9-7-6-8-10-17)21(28)15-34-23(29)18-11-19(31-3)13-20(12-18)32-4/h6-13H,5,14-15H2,1-4H3. The number of aryl methyl sites for hydroxylation is 1. The second-order valence-corrected chi connectivity index (χ2v) is 8.25. The second-order valence-electron chi connectivity index (χ2n) is 7.27. The third kappa shape index (κ3) is 6.57. The molecule has 0 N–H and O–H groups in total. The molecule has 1 amide bonds. The lowest BCUT2D eigenvalue weighted by atomic mass is 10.2. The number of hydrogen-bond donors (Lipinski definition) is 0. The highest BCUT2D eigenvalue weighted by Crippen LogP contribution is 2.29. The molecule has 2 aromatic carbocycles. The van der Waals surface area contributed by atoms with Crippen molar-refractivity contribution in [2.75, 3.05) is 32.3 Å². The Balaban J connectivity index is 1.82. The minimum atomic E-state index is -0.710. The van der Waals surface area contributed by atoms with E-state index < -0.39 is 24.5 Å². The normalized spacial score (nSPS) is 10.4. The van der Waals surface area contributed by atoms with Crippen molar-refractivity contribution in [2.24, 2.45) is 0 Å². The van der Waals surface area contributed by atoms with E-state index in [1.807, 2.05) is 30.3 Å². The van der Waals surface area contributed by atoms with E-state index in [0.717, 1.165) is 16.9 Å². The number of benzene rings is 2. The van der Waals surface area contributed by atoms with E-state index in [1.165, 1.54) is 31.3 Å². The predicted molar refractivity (Wildman–Crippen MR) is 130 cm³/mol. The van der Waals surface area contributed by atoms with Gasteiger partial charge in [0.05, 0.1) is 38.6 Å². The highest BCUT2D eigenvalue weighted by molar-refractivity contribution is 7.17. The molecule has 10 heteroatoms. The molecule has 3 aromatic rings. The lowest BCUT2D eigenvalue weighted by Crippen LogP contribution is -2.34. The number of ether oxygens (including phenoxy) is 4. The Kier molecular flexibility index (Phi) is 8.80. The van der Waals surface area contributed by atoms with Crippen LogP contribution in [0.15, 0.2) is 48.5 Å². The number of aromatic nitrogens is 1. The molecule has 0 aliphatic carbocycles. The Labute approximate surface area is 207 Å². The Hall–Kier alpha value is -3.92. The Morgan fingerprint density at radius 1 is 0.943 bits per heavy atom. The van der Waals surface area contributed by atoms with Crippen molar-refractivity contribution in [3.05, 3.63) is 70.2 Å². The summed E-state index contributed by atoms with van der Waals surface area (Å²) in [6, 6.07) is 13.9. The quantitative estimate of drug-likeness (QED) is 0.386. The fourth-order valence-corrected chi connectivity index (χ4v) is 4.10. The molecule has 0 aliphatic rings. The van der Waals surface area contributed by atoms with Crippen molar-refractivity contribution in [1.82, 2.24) is 4.98 Å². The molecule has 1 aromatic heterocycles. The zero-order chi connectivity index (χ0) is 25.4. The van der Waals surface area contributed by atoms with Gasteiger partial charge in [0.15, 0.2) is 11.7 Å². The fourth-order valence-electron chi connectivity index (χ4n) is 3.13. The maximum absolute atomic E-state index is 13.2. The van der Waals surface area contributed by atoms with Crippen molar-refractivity contribution in [1.29, 1.82) is 0 Å². The maximum Gasteiger partial charge on any atom is 0.350 e. The van der Waals surface area contributed by atoms with Gasteiger partial charge in [-0.3, -0.25) is 9.69 Å². The van der Waals surface area contributed by atoms with Crippen LogP contribution in [0.3, 0.4) is 0 Å². The van der Waals surface area contributed by atoms with Crippen LogP contribution in [0.4, 0.5) is 5.13 Å². The molecule has 0 atom stereocenters. The van der Waals surface area contributed by atoms with Crippen LogP contribution in [0, 0.1) is 6.92 Å². The molecule has 35 heavy (non-hydrogen) atoms. The SMILES string of the molecule is CCOC(=O)c1sc(N(Cc2ccccc2)C(=O)COC(=O)c2cc(OC)cc(OC)c2)nc1C. The number of carbonyl (C=O) groups is 3. The number of methoxy groups -OCH3 is 2. The molecule has 1 heterocycles. The average molecular weight is 499 g/mol. The van der Waals surface area contributed by atoms with Gasteiger partial charge in [0.1, 0.15) is 16.4 Å². The number of thiazole rings is 1. The highest BCUT2D eigenvalue weighted by atomic mass is 32.1. The first-order chi connectivity index (χ1) is 16.9. The van der Waals surface area contributed by atoms with E-state index in [-0.39, 0.29) is 18.7 Å². The molecule has 0 bridgehead atoms. The molecule has 0 fully saturated rings. The number of nitrogens with zero attached hydrogens (tertiary/aromatic N) is 2. The molecular weight excluding hydrogens is 472 g/mol. The largest absolute Gasteiger partial charge is 0.497 e. The summed E-state index contributed by atoms with van der Waals surface area (Å²) in [6.45, 7) is 3.27. The molecule has 0 radical (unpaired) electrons. The van der Waals surface area contributed by atoms with Gasteiger partial charge < -0.3 is 18.9 Å². The summed E-state index contributed by atoms with van der Waals surface area (Å²) in [5.74, 6) is -0.880. The zero-order valence-corrected chi connectivity index (χ0v) is 20.7. The molecule has 184 valence electrons. The molecular formula is C25H26N2O7S. The first-order valence-electron chi connectivity index (χ1n) is 10.7. The van der Waals surface area contributed by atoms with Crippen molar-refractivity contribution in [2.45, 2.75) is 20.4 Å². The Morgan fingerprint density at radius 3 is 2.20 bits per heavy atom. The van der Waals surface area contributed by atoms with Crippen molar-refractivity contribution >= 4 is 34.3 Å². The van der Waals surface area contributed by atoms with Gasteiger partial charge in [-0.05, 0) is 31.5 Å². The molecule has 0 saturated carbocycles. The molecule has 0 saturated heterocycles. The minimum absolute atomic E-state index is 0.179. The van der Waals surface area contributed by atoms with Crippen LogP contribution in [-0.2, 0) is 20.8 Å². The zero-order valence-electron chi connectivity index (χ0n) is 19.9. The van der Waals surface area contributed by atoms with Crippen LogP contribution < -0.4 is 14.4 Å². The lowest BCUT2D eigenvalue weighted by Gasteiger charge is -2.20. The molecule has 9 nitrogen and oxygen atoms in total. The van der Waals surface area contributed by atoms with Crippen molar-refractivity contribution in [3.8, 4) is 11.5 Å². The monoisotopic (exact) mass is 498 g/mol. The smallest absolute Gasteiger partial charge is 0.350 e. The number of esters is 2. The van der Waals surface area contributed by atoms with Gasteiger partial charge >= 0.3 is 11.9 Å². The minimum Gasteiger partial charge on any atom is -0.497 e. The third-order valence-electron chi connectivity index (χ3n) is 4.88. The lowest BCUT2D eigenvalue weighted by molar-refractivity contribution is -0.121. The summed E-state index contributed by atoms with van der Waals surface area (Å²) in [5.41, 5.74) is 1.48. The van der Waals surface area contributed by atoms with E-state index in [0.29, 0.717) is 27.2 Å². The van der Waals surface area contributed by atoms with E-state index in [4.69, 9.17) is 18.9 Å². The van der Waals surface area contributed by atoms with E-state index in [1.54, 1.807) is 19.9 Å². The number of hydrogen-bond acceptors (Lipinski definition) is 9. The van der Waals surface area contributed by atoms with Gasteiger partial charge in [-0.15, -0.1) is 0 Å². The molecule has 0 aliphatic heterocycles.